The second-order valence-corrected chi connectivity index (χ2v) is 4.48. The van der Waals surface area contributed by atoms with E-state index in [9.17, 15) is 0 Å². The van der Waals surface area contributed by atoms with E-state index in [2.05, 4.69) is 36.0 Å². The number of methoxy groups -OCH3 is 1. The average molecular weight is 232 g/mol. The van der Waals surface area contributed by atoms with Crippen LogP contribution in [0.25, 0.3) is 10.9 Å². The van der Waals surface area contributed by atoms with E-state index in [0.29, 0.717) is 6.04 Å². The van der Waals surface area contributed by atoms with Gasteiger partial charge in [0.05, 0.1) is 12.6 Å². The van der Waals surface area contributed by atoms with Crippen molar-refractivity contribution in [3.63, 3.8) is 0 Å². The van der Waals surface area contributed by atoms with Gasteiger partial charge in [0.2, 0.25) is 0 Å². The molecule has 92 valence electrons. The maximum atomic E-state index is 5.40. The number of aryl methyl sites for hydroxylation is 1. The van der Waals surface area contributed by atoms with Gasteiger partial charge in [-0.1, -0.05) is 6.07 Å². The van der Waals surface area contributed by atoms with Gasteiger partial charge in [0, 0.05) is 30.6 Å². The van der Waals surface area contributed by atoms with Gasteiger partial charge in [0.15, 0.2) is 0 Å². The molecule has 1 atom stereocenters. The largest absolute Gasteiger partial charge is 0.496 e. The first kappa shape index (κ1) is 12.0. The van der Waals surface area contributed by atoms with Crippen molar-refractivity contribution in [1.29, 1.82) is 0 Å². The molecule has 0 bridgehead atoms. The minimum Gasteiger partial charge on any atom is -0.496 e. The molecule has 0 fully saturated rings. The Morgan fingerprint density at radius 3 is 2.82 bits per heavy atom. The number of benzene rings is 1. The van der Waals surface area contributed by atoms with Crippen LogP contribution in [0.15, 0.2) is 24.3 Å². The van der Waals surface area contributed by atoms with Crippen LogP contribution in [0.3, 0.4) is 0 Å². The van der Waals surface area contributed by atoms with Crippen molar-refractivity contribution in [2.45, 2.75) is 19.4 Å². The third-order valence-electron chi connectivity index (χ3n) is 3.37. The number of ether oxygens (including phenoxy) is 1. The third kappa shape index (κ3) is 2.15. The molecular weight excluding hydrogens is 212 g/mol. The van der Waals surface area contributed by atoms with Gasteiger partial charge in [-0.15, -0.1) is 0 Å². The topological polar surface area (TPSA) is 26.2 Å². The van der Waals surface area contributed by atoms with Gasteiger partial charge in [0.25, 0.3) is 0 Å². The van der Waals surface area contributed by atoms with E-state index in [0.717, 1.165) is 12.2 Å². The molecule has 0 aliphatic heterocycles. The Labute approximate surface area is 102 Å². The van der Waals surface area contributed by atoms with E-state index in [1.54, 1.807) is 7.11 Å². The molecular formula is C14H20N2O. The van der Waals surface area contributed by atoms with E-state index < -0.39 is 0 Å². The van der Waals surface area contributed by atoms with Crippen molar-refractivity contribution in [3.05, 3.63) is 30.0 Å². The van der Waals surface area contributed by atoms with Crippen LogP contribution in [-0.2, 0) is 13.5 Å². The Balaban J connectivity index is 2.48. The van der Waals surface area contributed by atoms with Crippen LogP contribution in [0, 0.1) is 0 Å². The van der Waals surface area contributed by atoms with Crippen molar-refractivity contribution in [3.8, 4) is 5.75 Å². The molecule has 1 aromatic carbocycles. The summed E-state index contributed by atoms with van der Waals surface area (Å²) in [6.45, 7) is 2.19. The molecule has 2 rings (SSSR count). The van der Waals surface area contributed by atoms with Gasteiger partial charge < -0.3 is 14.6 Å². The minimum atomic E-state index is 0.476. The number of nitrogens with one attached hydrogen (secondary N) is 1. The maximum absolute atomic E-state index is 5.40. The lowest BCUT2D eigenvalue weighted by Gasteiger charge is -2.10. The van der Waals surface area contributed by atoms with E-state index in [1.807, 2.05) is 19.2 Å². The fourth-order valence-electron chi connectivity index (χ4n) is 2.18. The molecule has 1 aromatic heterocycles. The minimum absolute atomic E-state index is 0.476. The van der Waals surface area contributed by atoms with Gasteiger partial charge in [-0.05, 0) is 32.2 Å². The number of nitrogens with zero attached hydrogens (tertiary/aromatic N) is 1. The fraction of sp³-hybridized carbons (Fsp3) is 0.429. The van der Waals surface area contributed by atoms with Crippen molar-refractivity contribution >= 4 is 10.9 Å². The number of likely N-dealkylation sites (N-methyl/N-ethyl adjacent to an activating group) is 1. The standard InChI is InChI=1S/C14H20N2O/c1-10(15-2)8-11-9-12-13(16(11)3)6-5-7-14(12)17-4/h5-7,9-10,15H,8H2,1-4H3. The molecule has 1 unspecified atom stereocenters. The second kappa shape index (κ2) is 4.80. The molecule has 3 nitrogen and oxygen atoms in total. The third-order valence-corrected chi connectivity index (χ3v) is 3.37. The normalized spacial score (nSPS) is 12.9. The first-order valence-electron chi connectivity index (χ1n) is 5.96. The molecule has 1 N–H and O–H groups in total. The summed E-state index contributed by atoms with van der Waals surface area (Å²) in [4.78, 5) is 0. The van der Waals surface area contributed by atoms with E-state index in [4.69, 9.17) is 4.74 Å². The lowest BCUT2D eigenvalue weighted by molar-refractivity contribution is 0.420. The van der Waals surface area contributed by atoms with E-state index in [1.165, 1.54) is 16.6 Å². The summed E-state index contributed by atoms with van der Waals surface area (Å²) in [5.41, 5.74) is 2.55. The number of fused-ring (bicyclic) bond motifs is 1. The summed E-state index contributed by atoms with van der Waals surface area (Å²) in [6.07, 6.45) is 1.02. The zero-order valence-corrected chi connectivity index (χ0v) is 10.9. The molecule has 1 heterocycles. The molecule has 17 heavy (non-hydrogen) atoms. The Hall–Kier alpha value is -1.48. The maximum Gasteiger partial charge on any atom is 0.128 e. The average Bonchev–Trinajstić information content (AvgIpc) is 2.66. The molecule has 0 aliphatic rings. The first-order valence-corrected chi connectivity index (χ1v) is 5.96. The molecule has 0 radical (unpaired) electrons. The van der Waals surface area contributed by atoms with Crippen molar-refractivity contribution in [2.75, 3.05) is 14.2 Å². The van der Waals surface area contributed by atoms with Crippen molar-refractivity contribution in [1.82, 2.24) is 9.88 Å². The van der Waals surface area contributed by atoms with Gasteiger partial charge in [-0.2, -0.15) is 0 Å². The number of hydrogen-bond acceptors (Lipinski definition) is 2. The van der Waals surface area contributed by atoms with Crippen LogP contribution >= 0.6 is 0 Å². The second-order valence-electron chi connectivity index (χ2n) is 4.48. The zero-order valence-electron chi connectivity index (χ0n) is 10.9. The zero-order chi connectivity index (χ0) is 12.4. The van der Waals surface area contributed by atoms with Crippen LogP contribution in [0.2, 0.25) is 0 Å². The Morgan fingerprint density at radius 1 is 1.41 bits per heavy atom. The van der Waals surface area contributed by atoms with Crippen LogP contribution < -0.4 is 10.1 Å². The Kier molecular flexibility index (Phi) is 3.38. The summed E-state index contributed by atoms with van der Waals surface area (Å²) in [6, 6.07) is 8.87. The SMILES string of the molecule is CNC(C)Cc1cc2c(OC)cccc2n1C. The molecule has 0 saturated carbocycles. The molecule has 0 saturated heterocycles. The van der Waals surface area contributed by atoms with Crippen LogP contribution in [0.1, 0.15) is 12.6 Å². The predicted molar refractivity (Wildman–Crippen MR) is 71.7 cm³/mol. The summed E-state index contributed by atoms with van der Waals surface area (Å²) in [5.74, 6) is 0.946. The molecule has 0 spiro atoms. The van der Waals surface area contributed by atoms with Gasteiger partial charge in [-0.3, -0.25) is 0 Å². The van der Waals surface area contributed by atoms with Gasteiger partial charge in [-0.25, -0.2) is 0 Å². The monoisotopic (exact) mass is 232 g/mol. The Bertz CT molecular complexity index is 516. The summed E-state index contributed by atoms with van der Waals surface area (Å²) >= 11 is 0. The molecule has 3 heteroatoms. The van der Waals surface area contributed by atoms with E-state index in [-0.39, 0.29) is 0 Å². The highest BCUT2D eigenvalue weighted by atomic mass is 16.5. The fourth-order valence-corrected chi connectivity index (χ4v) is 2.18. The predicted octanol–water partition coefficient (Wildman–Crippen LogP) is 2.34. The summed E-state index contributed by atoms with van der Waals surface area (Å²) in [5, 5.41) is 4.46. The smallest absolute Gasteiger partial charge is 0.128 e. The summed E-state index contributed by atoms with van der Waals surface area (Å²) in [7, 11) is 5.82. The highest BCUT2D eigenvalue weighted by Gasteiger charge is 2.11. The highest BCUT2D eigenvalue weighted by Crippen LogP contribution is 2.28. The van der Waals surface area contributed by atoms with Gasteiger partial charge >= 0.3 is 0 Å². The quantitative estimate of drug-likeness (QED) is 0.875. The lowest BCUT2D eigenvalue weighted by Crippen LogP contribution is -2.24. The van der Waals surface area contributed by atoms with E-state index >= 15 is 0 Å². The molecule has 0 amide bonds. The highest BCUT2D eigenvalue weighted by molar-refractivity contribution is 5.87. The number of rotatable bonds is 4. The Morgan fingerprint density at radius 2 is 2.18 bits per heavy atom. The van der Waals surface area contributed by atoms with Crippen LogP contribution in [0.5, 0.6) is 5.75 Å². The number of aromatic nitrogens is 1. The lowest BCUT2D eigenvalue weighted by atomic mass is 10.1. The van der Waals surface area contributed by atoms with Crippen LogP contribution in [-0.4, -0.2) is 24.8 Å². The van der Waals surface area contributed by atoms with Gasteiger partial charge in [0.1, 0.15) is 5.75 Å². The van der Waals surface area contributed by atoms with Crippen LogP contribution in [0.4, 0.5) is 0 Å². The first-order chi connectivity index (χ1) is 8.17. The van der Waals surface area contributed by atoms with Crippen molar-refractivity contribution < 1.29 is 4.74 Å². The number of hydrogen-bond donors (Lipinski definition) is 1. The molecule has 2 aromatic rings. The summed E-state index contributed by atoms with van der Waals surface area (Å²) < 4.78 is 7.64. The molecule has 0 aliphatic carbocycles. The van der Waals surface area contributed by atoms with Crippen molar-refractivity contribution in [2.24, 2.45) is 7.05 Å².